The molecule has 0 spiro atoms. The fourth-order valence-electron chi connectivity index (χ4n) is 5.43. The van der Waals surface area contributed by atoms with Gasteiger partial charge in [0.2, 0.25) is 0 Å². The van der Waals surface area contributed by atoms with Crippen molar-refractivity contribution in [2.75, 3.05) is 38.1 Å². The van der Waals surface area contributed by atoms with Crippen LogP contribution in [0, 0.1) is 5.92 Å². The first kappa shape index (κ1) is 36.2. The van der Waals surface area contributed by atoms with Crippen molar-refractivity contribution in [3.8, 4) is 5.75 Å². The summed E-state index contributed by atoms with van der Waals surface area (Å²) in [5.74, 6) is -0.488. The van der Waals surface area contributed by atoms with Crippen LogP contribution < -0.4 is 9.46 Å². The van der Waals surface area contributed by atoms with Crippen molar-refractivity contribution >= 4 is 39.1 Å². The number of carbonyl (C=O) groups is 2. The van der Waals surface area contributed by atoms with Crippen LogP contribution in [0.3, 0.4) is 0 Å². The summed E-state index contributed by atoms with van der Waals surface area (Å²) in [6, 6.07) is 18.8. The van der Waals surface area contributed by atoms with Gasteiger partial charge in [-0.1, -0.05) is 36.7 Å². The summed E-state index contributed by atoms with van der Waals surface area (Å²) in [6.45, 7) is 6.30. The van der Waals surface area contributed by atoms with Crippen LogP contribution >= 0.6 is 11.6 Å². The van der Waals surface area contributed by atoms with E-state index in [-0.39, 0.29) is 47.2 Å². The number of carbonyl (C=O) groups excluding carboxylic acids is 2. The van der Waals surface area contributed by atoms with Gasteiger partial charge in [-0.3, -0.25) is 14.3 Å². The van der Waals surface area contributed by atoms with Gasteiger partial charge in [0.05, 0.1) is 35.3 Å². The molecule has 47 heavy (non-hydrogen) atoms. The predicted octanol–water partition coefficient (Wildman–Crippen LogP) is 5.71. The average molecular weight is 686 g/mol. The topological polar surface area (TPSA) is 125 Å². The number of benzene rings is 3. The van der Waals surface area contributed by atoms with Crippen molar-refractivity contribution in [1.82, 2.24) is 9.80 Å². The zero-order chi connectivity index (χ0) is 34.1. The molecule has 1 heterocycles. The lowest BCUT2D eigenvalue weighted by atomic mass is 10.0. The molecule has 0 radical (unpaired) electrons. The maximum atomic E-state index is 14.3. The van der Waals surface area contributed by atoms with E-state index >= 15 is 0 Å². The molecule has 0 unspecified atom stereocenters. The molecule has 3 aromatic rings. The first-order valence-corrected chi connectivity index (χ1v) is 17.7. The Labute approximate surface area is 282 Å². The van der Waals surface area contributed by atoms with Crippen LogP contribution in [-0.2, 0) is 14.8 Å². The molecular weight excluding hydrogens is 642 g/mol. The van der Waals surface area contributed by atoms with Crippen molar-refractivity contribution in [1.29, 1.82) is 0 Å². The molecule has 4 atom stereocenters. The normalized spacial score (nSPS) is 20.3. The molecule has 0 aromatic heterocycles. The lowest BCUT2D eigenvalue weighted by Gasteiger charge is -2.36. The zero-order valence-corrected chi connectivity index (χ0v) is 28.8. The number of amides is 2. The van der Waals surface area contributed by atoms with Crippen LogP contribution in [0.1, 0.15) is 60.7 Å². The van der Waals surface area contributed by atoms with Gasteiger partial charge >= 0.3 is 0 Å². The monoisotopic (exact) mass is 685 g/mol. The largest absolute Gasteiger partial charge is 0.490 e. The highest BCUT2D eigenvalue weighted by Crippen LogP contribution is 2.30. The highest BCUT2D eigenvalue weighted by Gasteiger charge is 2.31. The van der Waals surface area contributed by atoms with Crippen LogP contribution in [0.4, 0.5) is 5.69 Å². The number of ether oxygens (including phenoxy) is 2. The number of nitrogens with zero attached hydrogens (tertiary/aromatic N) is 2. The second-order valence-electron chi connectivity index (χ2n) is 12.1. The molecule has 0 saturated carbocycles. The molecule has 10 nitrogen and oxygen atoms in total. The van der Waals surface area contributed by atoms with E-state index in [0.29, 0.717) is 35.9 Å². The van der Waals surface area contributed by atoms with Gasteiger partial charge in [0.1, 0.15) is 5.75 Å². The third-order valence-corrected chi connectivity index (χ3v) is 9.90. The molecule has 254 valence electrons. The third-order valence-electron chi connectivity index (χ3n) is 8.25. The molecule has 1 aliphatic heterocycles. The van der Waals surface area contributed by atoms with Crippen molar-refractivity contribution in [3.05, 3.63) is 88.9 Å². The Balaban J connectivity index is 1.66. The molecule has 3 aromatic carbocycles. The molecule has 4 rings (SSSR count). The Bertz CT molecular complexity index is 1610. The lowest BCUT2D eigenvalue weighted by molar-refractivity contribution is -0.0149. The predicted molar refractivity (Wildman–Crippen MR) is 183 cm³/mol. The minimum Gasteiger partial charge on any atom is -0.490 e. The van der Waals surface area contributed by atoms with Crippen LogP contribution in [0.5, 0.6) is 5.75 Å². The highest BCUT2D eigenvalue weighted by atomic mass is 35.5. The number of nitrogens with one attached hydrogen (secondary N) is 1. The molecule has 2 amide bonds. The van der Waals surface area contributed by atoms with Gasteiger partial charge in [0, 0.05) is 48.9 Å². The standard InChI is InChI=1S/C35H44ClN3O7S/c1-24-21-39(25(2)23-40)35(42)31-20-29(37-47(43,44)30-16-13-28(36)14-17-30)15-18-32(31)46-26(3)10-8-9-19-45-33(24)22-38(4)34(41)27-11-6-5-7-12-27/h5-7,11-18,20,24-26,33,37,40H,8-10,19,21-23H2,1-4H3/t24-,25+,26+,33+/m0/s1. The summed E-state index contributed by atoms with van der Waals surface area (Å²) in [5, 5.41) is 10.6. The summed E-state index contributed by atoms with van der Waals surface area (Å²) in [4.78, 5) is 30.7. The number of aliphatic hydroxyl groups is 1. The summed E-state index contributed by atoms with van der Waals surface area (Å²) in [5.41, 5.74) is 0.908. The summed E-state index contributed by atoms with van der Waals surface area (Å²) in [6.07, 6.45) is 1.65. The number of rotatable bonds is 8. The second kappa shape index (κ2) is 16.5. The van der Waals surface area contributed by atoms with E-state index in [1.54, 1.807) is 48.0 Å². The minimum absolute atomic E-state index is 0.0179. The average Bonchev–Trinajstić information content (AvgIpc) is 3.06. The van der Waals surface area contributed by atoms with Gasteiger partial charge in [-0.2, -0.15) is 0 Å². The Morgan fingerprint density at radius 2 is 1.79 bits per heavy atom. The number of hydrogen-bond acceptors (Lipinski definition) is 7. The smallest absolute Gasteiger partial charge is 0.261 e. The van der Waals surface area contributed by atoms with E-state index in [4.69, 9.17) is 21.1 Å². The Hall–Kier alpha value is -3.64. The maximum Gasteiger partial charge on any atom is 0.261 e. The third kappa shape index (κ3) is 9.70. The van der Waals surface area contributed by atoms with Crippen LogP contribution in [0.2, 0.25) is 5.02 Å². The number of anilines is 1. The van der Waals surface area contributed by atoms with Gasteiger partial charge in [-0.25, -0.2) is 8.42 Å². The van der Waals surface area contributed by atoms with E-state index in [1.165, 1.54) is 30.3 Å². The summed E-state index contributed by atoms with van der Waals surface area (Å²) in [7, 11) is -2.25. The number of halogens is 1. The molecule has 0 saturated heterocycles. The molecule has 0 aliphatic carbocycles. The Morgan fingerprint density at radius 3 is 2.47 bits per heavy atom. The van der Waals surface area contributed by atoms with Crippen molar-refractivity contribution < 1.29 is 32.6 Å². The quantitative estimate of drug-likeness (QED) is 0.311. The van der Waals surface area contributed by atoms with Crippen LogP contribution in [0.15, 0.2) is 77.7 Å². The Kier molecular flexibility index (Phi) is 12.7. The van der Waals surface area contributed by atoms with E-state index in [2.05, 4.69) is 4.72 Å². The van der Waals surface area contributed by atoms with Crippen molar-refractivity contribution in [2.24, 2.45) is 5.92 Å². The van der Waals surface area contributed by atoms with Gasteiger partial charge in [0.25, 0.3) is 21.8 Å². The zero-order valence-electron chi connectivity index (χ0n) is 27.3. The number of fused-ring (bicyclic) bond motifs is 1. The number of hydrogen-bond donors (Lipinski definition) is 2. The van der Waals surface area contributed by atoms with Gasteiger partial charge in [-0.05, 0) is 87.7 Å². The van der Waals surface area contributed by atoms with E-state index < -0.39 is 28.1 Å². The number of sulfonamides is 1. The molecule has 12 heteroatoms. The van der Waals surface area contributed by atoms with Crippen LogP contribution in [-0.4, -0.2) is 86.7 Å². The van der Waals surface area contributed by atoms with E-state index in [1.807, 2.05) is 32.0 Å². The SMILES string of the molecule is C[C@@H]1CCCCO[C@H](CN(C)C(=O)c2ccccc2)[C@@H](C)CN([C@H](C)CO)C(=O)c2cc(NS(=O)(=O)c3ccc(Cl)cc3)ccc2O1. The van der Waals surface area contributed by atoms with E-state index in [9.17, 15) is 23.1 Å². The first-order valence-electron chi connectivity index (χ1n) is 15.8. The van der Waals surface area contributed by atoms with Crippen LogP contribution in [0.25, 0.3) is 0 Å². The number of likely N-dealkylation sites (N-methyl/N-ethyl adjacent to an activating group) is 1. The fourth-order valence-corrected chi connectivity index (χ4v) is 6.61. The molecule has 0 fully saturated rings. The first-order chi connectivity index (χ1) is 22.4. The molecule has 1 aliphatic rings. The molecule has 0 bridgehead atoms. The van der Waals surface area contributed by atoms with Gasteiger partial charge in [-0.15, -0.1) is 0 Å². The van der Waals surface area contributed by atoms with E-state index in [0.717, 1.165) is 12.8 Å². The van der Waals surface area contributed by atoms with Gasteiger partial charge < -0.3 is 24.4 Å². The van der Waals surface area contributed by atoms with Crippen molar-refractivity contribution in [2.45, 2.75) is 63.2 Å². The second-order valence-corrected chi connectivity index (χ2v) is 14.2. The fraction of sp³-hybridized carbons (Fsp3) is 0.429. The highest BCUT2D eigenvalue weighted by molar-refractivity contribution is 7.92. The minimum atomic E-state index is -3.99. The number of aliphatic hydroxyl groups excluding tert-OH is 1. The maximum absolute atomic E-state index is 14.3. The Morgan fingerprint density at radius 1 is 1.09 bits per heavy atom. The summed E-state index contributed by atoms with van der Waals surface area (Å²) < 4.78 is 41.5. The lowest BCUT2D eigenvalue weighted by Crippen LogP contribution is -2.48. The van der Waals surface area contributed by atoms with Crippen molar-refractivity contribution in [3.63, 3.8) is 0 Å². The molecule has 2 N–H and O–H groups in total. The van der Waals surface area contributed by atoms with Gasteiger partial charge in [0.15, 0.2) is 0 Å². The summed E-state index contributed by atoms with van der Waals surface area (Å²) >= 11 is 5.94. The molecular formula is C35H44ClN3O7S.